The first-order valence-electron chi connectivity index (χ1n) is 7.33. The third-order valence-electron chi connectivity index (χ3n) is 3.95. The van der Waals surface area contributed by atoms with Crippen LogP contribution in [-0.4, -0.2) is 42.1 Å². The summed E-state index contributed by atoms with van der Waals surface area (Å²) in [6.07, 6.45) is 3.50. The van der Waals surface area contributed by atoms with Gasteiger partial charge in [-0.25, -0.2) is 9.78 Å². The zero-order valence-electron chi connectivity index (χ0n) is 12.1. The van der Waals surface area contributed by atoms with Gasteiger partial charge in [0, 0.05) is 12.6 Å². The number of carbonyl (C=O) groups excluding carboxylic acids is 1. The Morgan fingerprint density at radius 2 is 2.33 bits per heavy atom. The quantitative estimate of drug-likeness (QED) is 0.913. The number of carbonyl (C=O) groups is 1. The van der Waals surface area contributed by atoms with E-state index in [1.54, 1.807) is 0 Å². The third kappa shape index (κ3) is 3.51. The molecule has 2 amide bonds. The molecule has 1 atom stereocenters. The number of benzene rings is 1. The van der Waals surface area contributed by atoms with E-state index in [0.29, 0.717) is 17.7 Å². The number of fused-ring (bicyclic) bond motifs is 1. The summed E-state index contributed by atoms with van der Waals surface area (Å²) in [6, 6.07) is 8.31. The minimum absolute atomic E-state index is 0.172. The summed E-state index contributed by atoms with van der Waals surface area (Å²) >= 11 is 1.49. The number of likely N-dealkylation sites (tertiary alicyclic amines) is 1. The van der Waals surface area contributed by atoms with E-state index in [1.165, 1.54) is 30.7 Å². The average molecular weight is 304 g/mol. The van der Waals surface area contributed by atoms with Crippen molar-refractivity contribution in [1.82, 2.24) is 15.2 Å². The Kier molecular flexibility index (Phi) is 4.36. The van der Waals surface area contributed by atoms with Crippen molar-refractivity contribution in [3.63, 3.8) is 0 Å². The first-order valence-corrected chi connectivity index (χ1v) is 8.15. The number of amides is 2. The van der Waals surface area contributed by atoms with Gasteiger partial charge in [-0.15, -0.1) is 0 Å². The van der Waals surface area contributed by atoms with Crippen molar-refractivity contribution in [1.29, 1.82) is 0 Å². The molecule has 1 fully saturated rings. The number of urea groups is 1. The van der Waals surface area contributed by atoms with Crippen LogP contribution in [0.4, 0.5) is 9.93 Å². The van der Waals surface area contributed by atoms with Crippen molar-refractivity contribution < 1.29 is 4.79 Å². The Bertz CT molecular complexity index is 594. The van der Waals surface area contributed by atoms with Gasteiger partial charge < -0.3 is 10.2 Å². The smallest absolute Gasteiger partial charge is 0.321 e. The lowest BCUT2D eigenvalue weighted by Gasteiger charge is -2.19. The highest BCUT2D eigenvalue weighted by atomic mass is 32.1. The number of hydrogen-bond donors (Lipinski definition) is 2. The maximum absolute atomic E-state index is 11.9. The zero-order valence-corrected chi connectivity index (χ0v) is 12.9. The Morgan fingerprint density at radius 1 is 1.48 bits per heavy atom. The normalized spacial score (nSPS) is 19.0. The highest BCUT2D eigenvalue weighted by Crippen LogP contribution is 2.25. The summed E-state index contributed by atoms with van der Waals surface area (Å²) in [6.45, 7) is 1.87. The van der Waals surface area contributed by atoms with Crippen LogP contribution in [0.25, 0.3) is 10.2 Å². The van der Waals surface area contributed by atoms with Gasteiger partial charge in [-0.1, -0.05) is 23.5 Å². The van der Waals surface area contributed by atoms with Gasteiger partial charge >= 0.3 is 6.03 Å². The van der Waals surface area contributed by atoms with Crippen LogP contribution in [0, 0.1) is 0 Å². The second kappa shape index (κ2) is 6.41. The van der Waals surface area contributed by atoms with E-state index in [4.69, 9.17) is 0 Å². The number of hydrogen-bond acceptors (Lipinski definition) is 4. The van der Waals surface area contributed by atoms with Gasteiger partial charge in [0.1, 0.15) is 0 Å². The predicted octanol–water partition coefficient (Wildman–Crippen LogP) is 2.90. The SMILES string of the molecule is CN1CCCC1CCNC(=O)Nc1nc2ccccc2s1. The van der Waals surface area contributed by atoms with E-state index in [9.17, 15) is 4.79 Å². The number of thiazole rings is 1. The number of rotatable bonds is 4. The summed E-state index contributed by atoms with van der Waals surface area (Å²) in [7, 11) is 2.15. The Hall–Kier alpha value is -1.66. The third-order valence-corrected chi connectivity index (χ3v) is 4.90. The van der Waals surface area contributed by atoms with Gasteiger partial charge in [-0.3, -0.25) is 5.32 Å². The van der Waals surface area contributed by atoms with E-state index < -0.39 is 0 Å². The van der Waals surface area contributed by atoms with Gasteiger partial charge in [0.05, 0.1) is 10.2 Å². The van der Waals surface area contributed by atoms with Crippen molar-refractivity contribution in [3.05, 3.63) is 24.3 Å². The molecule has 0 spiro atoms. The van der Waals surface area contributed by atoms with E-state index in [0.717, 1.165) is 16.6 Å². The van der Waals surface area contributed by atoms with Crippen molar-refractivity contribution in [2.75, 3.05) is 25.5 Å². The Labute approximate surface area is 128 Å². The number of anilines is 1. The molecule has 1 aromatic heterocycles. The lowest BCUT2D eigenvalue weighted by atomic mass is 10.1. The second-order valence-corrected chi connectivity index (χ2v) is 6.46. The fraction of sp³-hybridized carbons (Fsp3) is 0.467. The minimum atomic E-state index is -0.172. The average Bonchev–Trinajstić information content (AvgIpc) is 3.04. The van der Waals surface area contributed by atoms with Crippen LogP contribution in [0.15, 0.2) is 24.3 Å². The van der Waals surface area contributed by atoms with Crippen LogP contribution in [0.2, 0.25) is 0 Å². The topological polar surface area (TPSA) is 57.3 Å². The predicted molar refractivity (Wildman–Crippen MR) is 86.9 cm³/mol. The minimum Gasteiger partial charge on any atom is -0.338 e. The van der Waals surface area contributed by atoms with Crippen molar-refractivity contribution in [2.45, 2.75) is 25.3 Å². The molecule has 6 heteroatoms. The van der Waals surface area contributed by atoms with Crippen molar-refractivity contribution in [2.24, 2.45) is 0 Å². The first-order chi connectivity index (χ1) is 10.2. The van der Waals surface area contributed by atoms with Crippen LogP contribution in [0.1, 0.15) is 19.3 Å². The zero-order chi connectivity index (χ0) is 14.7. The molecule has 1 aromatic carbocycles. The molecule has 21 heavy (non-hydrogen) atoms. The molecule has 2 heterocycles. The Morgan fingerprint density at radius 3 is 3.10 bits per heavy atom. The molecule has 1 saturated heterocycles. The van der Waals surface area contributed by atoms with Crippen molar-refractivity contribution >= 4 is 32.7 Å². The second-order valence-electron chi connectivity index (χ2n) is 5.43. The van der Waals surface area contributed by atoms with Crippen LogP contribution >= 0.6 is 11.3 Å². The standard InChI is InChI=1S/C15H20N4OS/c1-19-10-4-5-11(19)8-9-16-14(20)18-15-17-12-6-2-3-7-13(12)21-15/h2-3,6-7,11H,4-5,8-10H2,1H3,(H2,16,17,18,20). The fourth-order valence-electron chi connectivity index (χ4n) is 2.76. The molecule has 0 bridgehead atoms. The lowest BCUT2D eigenvalue weighted by molar-refractivity contribution is 0.248. The summed E-state index contributed by atoms with van der Waals surface area (Å²) in [5.74, 6) is 0. The molecule has 1 unspecified atom stereocenters. The maximum atomic E-state index is 11.9. The monoisotopic (exact) mass is 304 g/mol. The molecule has 0 radical (unpaired) electrons. The van der Waals surface area contributed by atoms with E-state index in [1.807, 2.05) is 24.3 Å². The highest BCUT2D eigenvalue weighted by molar-refractivity contribution is 7.22. The largest absolute Gasteiger partial charge is 0.338 e. The molecule has 3 rings (SSSR count). The van der Waals surface area contributed by atoms with Gasteiger partial charge in [0.2, 0.25) is 0 Å². The summed E-state index contributed by atoms with van der Waals surface area (Å²) in [4.78, 5) is 18.6. The molecule has 1 aliphatic rings. The fourth-order valence-corrected chi connectivity index (χ4v) is 3.62. The van der Waals surface area contributed by atoms with E-state index in [2.05, 4.69) is 27.6 Å². The summed E-state index contributed by atoms with van der Waals surface area (Å²) in [5, 5.41) is 6.37. The summed E-state index contributed by atoms with van der Waals surface area (Å²) < 4.78 is 1.08. The van der Waals surface area contributed by atoms with Gasteiger partial charge in [0.25, 0.3) is 0 Å². The number of nitrogens with zero attached hydrogens (tertiary/aromatic N) is 2. The molecular formula is C15H20N4OS. The molecule has 112 valence electrons. The molecule has 1 aliphatic heterocycles. The molecular weight excluding hydrogens is 284 g/mol. The lowest BCUT2D eigenvalue weighted by Crippen LogP contribution is -2.34. The molecule has 0 saturated carbocycles. The molecule has 2 aromatic rings. The van der Waals surface area contributed by atoms with Crippen molar-refractivity contribution in [3.8, 4) is 0 Å². The molecule has 5 nitrogen and oxygen atoms in total. The van der Waals surface area contributed by atoms with Gasteiger partial charge in [-0.05, 0) is 45.0 Å². The Balaban J connectivity index is 1.47. The van der Waals surface area contributed by atoms with Gasteiger partial charge in [-0.2, -0.15) is 0 Å². The molecule has 0 aliphatic carbocycles. The van der Waals surface area contributed by atoms with E-state index in [-0.39, 0.29) is 6.03 Å². The van der Waals surface area contributed by atoms with Crippen LogP contribution in [-0.2, 0) is 0 Å². The van der Waals surface area contributed by atoms with Crippen LogP contribution in [0.5, 0.6) is 0 Å². The molecule has 2 N–H and O–H groups in total. The van der Waals surface area contributed by atoms with E-state index >= 15 is 0 Å². The van der Waals surface area contributed by atoms with Crippen LogP contribution < -0.4 is 10.6 Å². The summed E-state index contributed by atoms with van der Waals surface area (Å²) in [5.41, 5.74) is 0.922. The first kappa shape index (κ1) is 14.3. The number of para-hydroxylation sites is 1. The van der Waals surface area contributed by atoms with Gasteiger partial charge in [0.15, 0.2) is 5.13 Å². The maximum Gasteiger partial charge on any atom is 0.321 e. The number of nitrogens with one attached hydrogen (secondary N) is 2. The highest BCUT2D eigenvalue weighted by Gasteiger charge is 2.20. The van der Waals surface area contributed by atoms with Crippen LogP contribution in [0.3, 0.4) is 0 Å². The number of aromatic nitrogens is 1.